The maximum Gasteiger partial charge on any atom is 0.303 e. The number of hydrogen-bond donors (Lipinski definition) is 1. The van der Waals surface area contributed by atoms with Crippen molar-refractivity contribution in [3.05, 3.63) is 16.7 Å². The van der Waals surface area contributed by atoms with Crippen molar-refractivity contribution in [2.75, 3.05) is 21.3 Å². The van der Waals surface area contributed by atoms with Crippen LogP contribution in [0, 0.1) is 5.92 Å². The van der Waals surface area contributed by atoms with E-state index in [2.05, 4.69) is 0 Å². The smallest absolute Gasteiger partial charge is 0.303 e. The van der Waals surface area contributed by atoms with Gasteiger partial charge in [-0.05, 0) is 24.8 Å². The van der Waals surface area contributed by atoms with E-state index in [0.717, 1.165) is 18.4 Å². The molecule has 0 radical (unpaired) electrons. The average molecular weight is 315 g/mol. The van der Waals surface area contributed by atoms with E-state index in [0.29, 0.717) is 28.2 Å². The van der Waals surface area contributed by atoms with E-state index >= 15 is 0 Å². The van der Waals surface area contributed by atoms with E-state index in [1.165, 1.54) is 21.3 Å². The van der Waals surface area contributed by atoms with Gasteiger partial charge in [-0.2, -0.15) is 0 Å². The van der Waals surface area contributed by atoms with E-state index in [-0.39, 0.29) is 12.3 Å². The van der Waals surface area contributed by atoms with Crippen LogP contribution in [0.15, 0.2) is 6.07 Å². The van der Waals surface area contributed by atoms with Gasteiger partial charge in [-0.3, -0.25) is 4.79 Å². The van der Waals surface area contributed by atoms with Crippen LogP contribution in [0.1, 0.15) is 30.7 Å². The second-order valence-electron chi connectivity index (χ2n) is 5.09. The van der Waals surface area contributed by atoms with Gasteiger partial charge in [-0.1, -0.05) is 11.6 Å². The highest BCUT2D eigenvalue weighted by atomic mass is 35.5. The van der Waals surface area contributed by atoms with Crippen molar-refractivity contribution in [2.45, 2.75) is 25.2 Å². The first kappa shape index (κ1) is 15.8. The molecule has 21 heavy (non-hydrogen) atoms. The standard InChI is InChI=1S/C15H19ClO5/c1-19-11-6-10(9(7-12(17)18)8-4-5-8)14(20-2)13(16)15(11)21-3/h6,8-9H,4-5,7H2,1-3H3,(H,17,18). The fourth-order valence-corrected chi connectivity index (χ4v) is 3.01. The van der Waals surface area contributed by atoms with Crippen LogP contribution < -0.4 is 14.2 Å². The van der Waals surface area contributed by atoms with E-state index in [1.807, 2.05) is 0 Å². The molecule has 116 valence electrons. The minimum Gasteiger partial charge on any atom is -0.495 e. The summed E-state index contributed by atoms with van der Waals surface area (Å²) in [5.74, 6) is 0.727. The van der Waals surface area contributed by atoms with Crippen LogP contribution in [-0.2, 0) is 4.79 Å². The largest absolute Gasteiger partial charge is 0.495 e. The number of rotatable bonds is 7. The molecule has 6 heteroatoms. The summed E-state index contributed by atoms with van der Waals surface area (Å²) in [5.41, 5.74) is 0.769. The molecule has 0 amide bonds. The number of carbonyl (C=O) groups is 1. The van der Waals surface area contributed by atoms with Crippen LogP contribution in [0.25, 0.3) is 0 Å². The van der Waals surface area contributed by atoms with Crippen molar-refractivity contribution in [1.29, 1.82) is 0 Å². The quantitative estimate of drug-likeness (QED) is 0.836. The maximum atomic E-state index is 11.1. The molecule has 1 aromatic carbocycles. The molecule has 0 heterocycles. The Balaban J connectivity index is 2.54. The van der Waals surface area contributed by atoms with Crippen LogP contribution in [0.4, 0.5) is 0 Å². The van der Waals surface area contributed by atoms with Gasteiger partial charge in [-0.15, -0.1) is 0 Å². The molecule has 0 aromatic heterocycles. The lowest BCUT2D eigenvalue weighted by atomic mass is 9.90. The lowest BCUT2D eigenvalue weighted by molar-refractivity contribution is -0.137. The van der Waals surface area contributed by atoms with Crippen molar-refractivity contribution in [3.8, 4) is 17.2 Å². The molecule has 0 bridgehead atoms. The zero-order valence-electron chi connectivity index (χ0n) is 12.3. The van der Waals surface area contributed by atoms with Crippen LogP contribution in [0.3, 0.4) is 0 Å². The lowest BCUT2D eigenvalue weighted by Crippen LogP contribution is -2.11. The molecule has 2 rings (SSSR count). The van der Waals surface area contributed by atoms with Crippen LogP contribution in [0.5, 0.6) is 17.2 Å². The molecule has 0 saturated heterocycles. The Kier molecular flexibility index (Phi) is 4.83. The summed E-state index contributed by atoms with van der Waals surface area (Å²) in [4.78, 5) is 11.1. The van der Waals surface area contributed by atoms with E-state index in [4.69, 9.17) is 30.9 Å². The Labute approximate surface area is 128 Å². The first-order chi connectivity index (χ1) is 10.0. The predicted molar refractivity (Wildman–Crippen MR) is 78.8 cm³/mol. The highest BCUT2D eigenvalue weighted by Gasteiger charge is 2.37. The van der Waals surface area contributed by atoms with Gasteiger partial charge in [0, 0.05) is 11.5 Å². The molecule has 1 aliphatic rings. The van der Waals surface area contributed by atoms with E-state index in [9.17, 15) is 4.79 Å². The molecule has 1 unspecified atom stereocenters. The molecule has 1 N–H and O–H groups in total. The van der Waals surface area contributed by atoms with Crippen LogP contribution >= 0.6 is 11.6 Å². The average Bonchev–Trinajstić information content (AvgIpc) is 3.28. The molecule has 1 aromatic rings. The fraction of sp³-hybridized carbons (Fsp3) is 0.533. The third kappa shape index (κ3) is 3.18. The predicted octanol–water partition coefficient (Wildman–Crippen LogP) is 3.33. The second kappa shape index (κ2) is 6.43. The summed E-state index contributed by atoms with van der Waals surface area (Å²) >= 11 is 6.33. The summed E-state index contributed by atoms with van der Waals surface area (Å²) in [6.07, 6.45) is 2.09. The maximum absolute atomic E-state index is 11.1. The minimum absolute atomic E-state index is 0.0485. The Morgan fingerprint density at radius 3 is 2.33 bits per heavy atom. The third-order valence-electron chi connectivity index (χ3n) is 3.78. The van der Waals surface area contributed by atoms with Gasteiger partial charge in [-0.25, -0.2) is 0 Å². The first-order valence-electron chi connectivity index (χ1n) is 6.73. The number of ether oxygens (including phenoxy) is 3. The first-order valence-corrected chi connectivity index (χ1v) is 7.11. The number of carboxylic acids is 1. The van der Waals surface area contributed by atoms with E-state index < -0.39 is 5.97 Å². The summed E-state index contributed by atoms with van der Waals surface area (Å²) in [5, 5.41) is 9.46. The summed E-state index contributed by atoms with van der Waals surface area (Å²) in [6, 6.07) is 1.77. The van der Waals surface area contributed by atoms with Gasteiger partial charge in [0.1, 0.15) is 10.8 Å². The van der Waals surface area contributed by atoms with Gasteiger partial charge in [0.15, 0.2) is 11.5 Å². The summed E-state index contributed by atoms with van der Waals surface area (Å²) < 4.78 is 15.9. The molecule has 1 saturated carbocycles. The SMILES string of the molecule is COc1cc(C(CC(=O)O)C2CC2)c(OC)c(Cl)c1OC. The van der Waals surface area contributed by atoms with Crippen molar-refractivity contribution in [3.63, 3.8) is 0 Å². The summed E-state index contributed by atoms with van der Waals surface area (Å²) in [6.45, 7) is 0. The number of hydrogen-bond acceptors (Lipinski definition) is 4. The molecular weight excluding hydrogens is 296 g/mol. The van der Waals surface area contributed by atoms with E-state index in [1.54, 1.807) is 6.07 Å². The van der Waals surface area contributed by atoms with Gasteiger partial charge >= 0.3 is 5.97 Å². The molecule has 5 nitrogen and oxygen atoms in total. The Hall–Kier alpha value is -1.62. The van der Waals surface area contributed by atoms with Gasteiger partial charge in [0.2, 0.25) is 0 Å². The molecular formula is C15H19ClO5. The minimum atomic E-state index is -0.833. The molecule has 0 spiro atoms. The van der Waals surface area contributed by atoms with Gasteiger partial charge in [0.05, 0.1) is 27.8 Å². The van der Waals surface area contributed by atoms with Crippen molar-refractivity contribution < 1.29 is 24.1 Å². The normalized spacial score (nSPS) is 15.4. The van der Waals surface area contributed by atoms with Crippen molar-refractivity contribution >= 4 is 17.6 Å². The zero-order valence-corrected chi connectivity index (χ0v) is 13.1. The second-order valence-corrected chi connectivity index (χ2v) is 5.47. The Morgan fingerprint density at radius 2 is 1.90 bits per heavy atom. The van der Waals surface area contributed by atoms with Crippen molar-refractivity contribution in [2.24, 2.45) is 5.92 Å². The number of aliphatic carboxylic acids is 1. The summed E-state index contributed by atoms with van der Waals surface area (Å²) in [7, 11) is 4.54. The highest BCUT2D eigenvalue weighted by Crippen LogP contribution is 2.52. The topological polar surface area (TPSA) is 65.0 Å². The van der Waals surface area contributed by atoms with Crippen molar-refractivity contribution in [1.82, 2.24) is 0 Å². The monoisotopic (exact) mass is 314 g/mol. The molecule has 1 atom stereocenters. The molecule has 1 fully saturated rings. The molecule has 0 aliphatic heterocycles. The van der Waals surface area contributed by atoms with Gasteiger partial charge < -0.3 is 19.3 Å². The van der Waals surface area contributed by atoms with Gasteiger partial charge in [0.25, 0.3) is 0 Å². The number of halogens is 1. The third-order valence-corrected chi connectivity index (χ3v) is 4.13. The lowest BCUT2D eigenvalue weighted by Gasteiger charge is -2.21. The fourth-order valence-electron chi connectivity index (χ4n) is 2.65. The Morgan fingerprint density at radius 1 is 1.29 bits per heavy atom. The number of benzene rings is 1. The highest BCUT2D eigenvalue weighted by molar-refractivity contribution is 6.34. The van der Waals surface area contributed by atoms with Crippen LogP contribution in [-0.4, -0.2) is 32.4 Å². The number of carboxylic acid groups (broad SMARTS) is 1. The van der Waals surface area contributed by atoms with Crippen LogP contribution in [0.2, 0.25) is 5.02 Å². The Bertz CT molecular complexity index is 539. The number of methoxy groups -OCH3 is 3. The zero-order chi connectivity index (χ0) is 15.6. The molecule has 1 aliphatic carbocycles.